The Morgan fingerprint density at radius 1 is 1.21 bits per heavy atom. The number of hydrogen-bond donors (Lipinski definition) is 2. The molecule has 6 nitrogen and oxygen atoms in total. The minimum Gasteiger partial charge on any atom is -0.466 e. The number of carbonyl (C=O) groups excluding carboxylic acids is 2. The molecule has 146 valence electrons. The average molecular weight is 400 g/mol. The molecule has 0 spiro atoms. The Kier molecular flexibility index (Phi) is 6.90. The van der Waals surface area contributed by atoms with Crippen molar-refractivity contribution in [3.63, 3.8) is 0 Å². The highest BCUT2D eigenvalue weighted by Gasteiger charge is 2.28. The number of esters is 1. The molecule has 0 aromatic heterocycles. The number of benzene rings is 2. The second kappa shape index (κ2) is 9.38. The normalized spacial score (nSPS) is 13.9. The molecular weight excluding hydrogens is 379 g/mol. The molecule has 1 aliphatic rings. The van der Waals surface area contributed by atoms with E-state index in [0.29, 0.717) is 23.2 Å². The van der Waals surface area contributed by atoms with Gasteiger partial charge in [-0.2, -0.15) is 0 Å². The number of thioether (sulfide) groups is 1. The van der Waals surface area contributed by atoms with E-state index in [1.165, 1.54) is 11.8 Å². The van der Waals surface area contributed by atoms with E-state index in [-0.39, 0.29) is 24.6 Å². The van der Waals surface area contributed by atoms with Crippen LogP contribution in [0.5, 0.6) is 0 Å². The standard InChI is InChI=1S/C20H21BO6S/c1-2-26-19(23)10-16(22)12-28-17-7-5-13(6-8-17)20(24)14-3-4-15-11-27-21(25)18(15)9-14/h3-9,20,24-25H,2,10-12H2,1H3. The van der Waals surface area contributed by atoms with Gasteiger partial charge in [0.1, 0.15) is 12.5 Å². The first-order valence-electron chi connectivity index (χ1n) is 8.98. The molecule has 0 aliphatic carbocycles. The molecule has 0 saturated carbocycles. The number of carbonyl (C=O) groups is 2. The van der Waals surface area contributed by atoms with Crippen LogP contribution in [0.25, 0.3) is 0 Å². The van der Waals surface area contributed by atoms with Gasteiger partial charge in [-0.25, -0.2) is 0 Å². The predicted octanol–water partition coefficient (Wildman–Crippen LogP) is 1.60. The number of aliphatic hydroxyl groups is 1. The number of hydrogen-bond acceptors (Lipinski definition) is 7. The van der Waals surface area contributed by atoms with E-state index in [0.717, 1.165) is 10.5 Å². The molecular formula is C20H21BO6S. The molecule has 3 rings (SSSR count). The maximum atomic E-state index is 11.8. The fraction of sp³-hybridized carbons (Fsp3) is 0.300. The maximum absolute atomic E-state index is 11.8. The minimum absolute atomic E-state index is 0.184. The van der Waals surface area contributed by atoms with Gasteiger partial charge < -0.3 is 19.5 Å². The Labute approximate surface area is 168 Å². The Balaban J connectivity index is 1.59. The summed E-state index contributed by atoms with van der Waals surface area (Å²) in [6.07, 6.45) is -1.05. The van der Waals surface area contributed by atoms with Crippen LogP contribution in [-0.2, 0) is 25.6 Å². The fourth-order valence-electron chi connectivity index (χ4n) is 2.93. The first kappa shape index (κ1) is 20.6. The molecule has 1 atom stereocenters. The van der Waals surface area contributed by atoms with Crippen LogP contribution in [-0.4, -0.2) is 41.4 Å². The van der Waals surface area contributed by atoms with E-state index in [1.807, 2.05) is 24.3 Å². The largest absolute Gasteiger partial charge is 0.491 e. The summed E-state index contributed by atoms with van der Waals surface area (Å²) in [5.74, 6) is -0.508. The fourth-order valence-corrected chi connectivity index (χ4v) is 3.69. The average Bonchev–Trinajstić information content (AvgIpc) is 3.07. The summed E-state index contributed by atoms with van der Waals surface area (Å²) in [7, 11) is -0.951. The quantitative estimate of drug-likeness (QED) is 0.301. The zero-order valence-corrected chi connectivity index (χ0v) is 16.3. The molecule has 0 bridgehead atoms. The van der Waals surface area contributed by atoms with Gasteiger partial charge in [-0.05, 0) is 41.2 Å². The van der Waals surface area contributed by atoms with Crippen molar-refractivity contribution in [3.8, 4) is 0 Å². The Morgan fingerprint density at radius 2 is 1.93 bits per heavy atom. The van der Waals surface area contributed by atoms with Crippen LogP contribution >= 0.6 is 11.8 Å². The summed E-state index contributed by atoms with van der Waals surface area (Å²) in [4.78, 5) is 24.0. The molecule has 1 heterocycles. The second-order valence-corrected chi connectivity index (χ2v) is 7.45. The van der Waals surface area contributed by atoms with Crippen LogP contribution in [0.3, 0.4) is 0 Å². The summed E-state index contributed by atoms with van der Waals surface area (Å²) in [5.41, 5.74) is 2.98. The highest BCUT2D eigenvalue weighted by Crippen LogP contribution is 2.26. The Morgan fingerprint density at radius 3 is 2.64 bits per heavy atom. The molecule has 1 unspecified atom stereocenters. The molecule has 2 aromatic carbocycles. The second-order valence-electron chi connectivity index (χ2n) is 6.40. The Hall–Kier alpha value is -2.13. The van der Waals surface area contributed by atoms with Crippen molar-refractivity contribution in [2.45, 2.75) is 31.0 Å². The monoisotopic (exact) mass is 400 g/mol. The van der Waals surface area contributed by atoms with Crippen LogP contribution < -0.4 is 5.46 Å². The highest BCUT2D eigenvalue weighted by atomic mass is 32.2. The van der Waals surface area contributed by atoms with Crippen LogP contribution in [0.1, 0.15) is 36.1 Å². The van der Waals surface area contributed by atoms with Crippen LogP contribution in [0.15, 0.2) is 47.4 Å². The van der Waals surface area contributed by atoms with E-state index in [2.05, 4.69) is 0 Å². The van der Waals surface area contributed by atoms with Crippen molar-refractivity contribution in [2.24, 2.45) is 0 Å². The SMILES string of the molecule is CCOC(=O)CC(=O)CSc1ccc(C(O)c2ccc3c(c2)B(O)OC3)cc1. The lowest BCUT2D eigenvalue weighted by Gasteiger charge is -2.13. The smallest absolute Gasteiger partial charge is 0.466 e. The molecule has 0 fully saturated rings. The van der Waals surface area contributed by atoms with Crippen molar-refractivity contribution in [2.75, 3.05) is 12.4 Å². The lowest BCUT2D eigenvalue weighted by atomic mass is 9.78. The van der Waals surface area contributed by atoms with Crippen LogP contribution in [0.4, 0.5) is 0 Å². The summed E-state index contributed by atoms with van der Waals surface area (Å²) >= 11 is 1.33. The maximum Gasteiger partial charge on any atom is 0.491 e. The van der Waals surface area contributed by atoms with E-state index >= 15 is 0 Å². The van der Waals surface area contributed by atoms with Gasteiger partial charge in [0.2, 0.25) is 0 Å². The zero-order valence-electron chi connectivity index (χ0n) is 15.5. The minimum atomic E-state index is -0.951. The first-order chi connectivity index (χ1) is 13.5. The highest BCUT2D eigenvalue weighted by molar-refractivity contribution is 8.00. The van der Waals surface area contributed by atoms with Crippen molar-refractivity contribution in [1.82, 2.24) is 0 Å². The van der Waals surface area contributed by atoms with Gasteiger partial charge in [-0.1, -0.05) is 30.3 Å². The number of ether oxygens (including phenoxy) is 1. The molecule has 0 amide bonds. The van der Waals surface area contributed by atoms with E-state index in [9.17, 15) is 19.7 Å². The third kappa shape index (κ3) is 5.02. The van der Waals surface area contributed by atoms with Gasteiger partial charge in [-0.15, -0.1) is 11.8 Å². The van der Waals surface area contributed by atoms with Gasteiger partial charge in [0, 0.05) is 4.90 Å². The molecule has 8 heteroatoms. The van der Waals surface area contributed by atoms with Crippen LogP contribution in [0.2, 0.25) is 0 Å². The summed E-state index contributed by atoms with van der Waals surface area (Å²) in [6, 6.07) is 12.7. The van der Waals surface area contributed by atoms with Gasteiger partial charge in [0.05, 0.1) is 19.0 Å². The number of aliphatic hydroxyl groups excluding tert-OH is 1. The predicted molar refractivity (Wildman–Crippen MR) is 106 cm³/mol. The lowest BCUT2D eigenvalue weighted by Crippen LogP contribution is -2.28. The third-order valence-corrected chi connectivity index (χ3v) is 5.46. The van der Waals surface area contributed by atoms with Gasteiger partial charge in [0.15, 0.2) is 5.78 Å². The van der Waals surface area contributed by atoms with E-state index in [1.54, 1.807) is 25.1 Å². The van der Waals surface area contributed by atoms with Crippen molar-refractivity contribution in [3.05, 3.63) is 59.2 Å². The number of Topliss-reactive ketones (excluding diaryl/α,β-unsaturated/α-hetero) is 1. The van der Waals surface area contributed by atoms with E-state index < -0.39 is 19.2 Å². The molecule has 2 N–H and O–H groups in total. The lowest BCUT2D eigenvalue weighted by molar-refractivity contribution is -0.145. The molecule has 0 radical (unpaired) electrons. The molecule has 0 saturated heterocycles. The van der Waals surface area contributed by atoms with Gasteiger partial charge in [0.25, 0.3) is 0 Å². The number of ketones is 1. The third-order valence-electron chi connectivity index (χ3n) is 4.39. The van der Waals surface area contributed by atoms with Crippen molar-refractivity contribution < 1.29 is 29.1 Å². The number of fused-ring (bicyclic) bond motifs is 1. The summed E-state index contributed by atoms with van der Waals surface area (Å²) in [6.45, 7) is 2.33. The summed E-state index contributed by atoms with van der Waals surface area (Å²) in [5, 5.41) is 20.5. The van der Waals surface area contributed by atoms with E-state index in [4.69, 9.17) is 9.39 Å². The van der Waals surface area contributed by atoms with Gasteiger partial charge in [-0.3, -0.25) is 9.59 Å². The topological polar surface area (TPSA) is 93.1 Å². The molecule has 28 heavy (non-hydrogen) atoms. The Bertz CT molecular complexity index is 854. The zero-order chi connectivity index (χ0) is 20.1. The van der Waals surface area contributed by atoms with Gasteiger partial charge >= 0.3 is 13.1 Å². The van der Waals surface area contributed by atoms with Crippen molar-refractivity contribution >= 4 is 36.1 Å². The summed E-state index contributed by atoms with van der Waals surface area (Å²) < 4.78 is 9.94. The first-order valence-corrected chi connectivity index (χ1v) is 9.97. The van der Waals surface area contributed by atoms with Crippen LogP contribution in [0, 0.1) is 0 Å². The number of rotatable bonds is 8. The molecule has 2 aromatic rings. The van der Waals surface area contributed by atoms with Crippen molar-refractivity contribution in [1.29, 1.82) is 0 Å². The molecule has 1 aliphatic heterocycles.